The highest BCUT2D eigenvalue weighted by molar-refractivity contribution is 5.84. The maximum absolute atomic E-state index is 12.7. The molecule has 23 heavy (non-hydrogen) atoms. The first-order valence-electron chi connectivity index (χ1n) is 8.82. The number of nitrogens with zero attached hydrogens (tertiary/aromatic N) is 3. The van der Waals surface area contributed by atoms with Crippen LogP contribution >= 0.6 is 0 Å². The standard InChI is InChI=1S/C17H24N4O2/c22-16(19-13-6-1-2-7-13)15-10-20(17(23)12-4-3-5-12)9-14-8-18-11-21(14)15/h8,11-13,15H,1-7,9-10H2,(H,19,22)/t15-/m0/s1. The zero-order valence-electron chi connectivity index (χ0n) is 13.4. The zero-order chi connectivity index (χ0) is 15.8. The molecule has 0 spiro atoms. The summed E-state index contributed by atoms with van der Waals surface area (Å²) in [4.78, 5) is 31.4. The largest absolute Gasteiger partial charge is 0.352 e. The fourth-order valence-electron chi connectivity index (χ4n) is 3.95. The van der Waals surface area contributed by atoms with Gasteiger partial charge in [0.15, 0.2) is 0 Å². The molecular formula is C17H24N4O2. The molecule has 3 aliphatic rings. The summed E-state index contributed by atoms with van der Waals surface area (Å²) in [5.41, 5.74) is 0.954. The summed E-state index contributed by atoms with van der Waals surface area (Å²) in [6.07, 6.45) is 11.2. The lowest BCUT2D eigenvalue weighted by molar-refractivity contribution is -0.141. The van der Waals surface area contributed by atoms with E-state index < -0.39 is 0 Å². The summed E-state index contributed by atoms with van der Waals surface area (Å²) in [5, 5.41) is 3.17. The second kappa shape index (κ2) is 5.98. The van der Waals surface area contributed by atoms with Gasteiger partial charge in [0.2, 0.25) is 11.8 Å². The van der Waals surface area contributed by atoms with Gasteiger partial charge in [0.1, 0.15) is 6.04 Å². The third-order valence-corrected chi connectivity index (χ3v) is 5.60. The first-order chi connectivity index (χ1) is 11.2. The number of hydrogen-bond donors (Lipinski definition) is 1. The highest BCUT2D eigenvalue weighted by Gasteiger charge is 2.37. The van der Waals surface area contributed by atoms with Crippen LogP contribution in [0.4, 0.5) is 0 Å². The van der Waals surface area contributed by atoms with Gasteiger partial charge >= 0.3 is 0 Å². The van der Waals surface area contributed by atoms with Crippen LogP contribution in [0, 0.1) is 5.92 Å². The van der Waals surface area contributed by atoms with Gasteiger partial charge in [-0.2, -0.15) is 0 Å². The Labute approximate surface area is 136 Å². The van der Waals surface area contributed by atoms with Crippen LogP contribution in [0.1, 0.15) is 56.7 Å². The van der Waals surface area contributed by atoms with Crippen molar-refractivity contribution in [3.8, 4) is 0 Å². The summed E-state index contributed by atoms with van der Waals surface area (Å²) in [6.45, 7) is 1.04. The fraction of sp³-hybridized carbons (Fsp3) is 0.706. The predicted molar refractivity (Wildman–Crippen MR) is 84.4 cm³/mol. The number of rotatable bonds is 3. The molecule has 4 rings (SSSR count). The third kappa shape index (κ3) is 2.75. The van der Waals surface area contributed by atoms with E-state index in [1.807, 2.05) is 9.47 Å². The molecule has 2 fully saturated rings. The lowest BCUT2D eigenvalue weighted by Crippen LogP contribution is -2.50. The number of carbonyl (C=O) groups is 2. The molecule has 2 saturated carbocycles. The number of carbonyl (C=O) groups excluding carboxylic acids is 2. The highest BCUT2D eigenvalue weighted by Crippen LogP contribution is 2.31. The van der Waals surface area contributed by atoms with Crippen molar-refractivity contribution in [1.82, 2.24) is 19.8 Å². The Balaban J connectivity index is 1.50. The summed E-state index contributed by atoms with van der Waals surface area (Å²) in [6, 6.07) is -0.0435. The van der Waals surface area contributed by atoms with Crippen molar-refractivity contribution in [3.63, 3.8) is 0 Å². The Hall–Kier alpha value is -1.85. The van der Waals surface area contributed by atoms with E-state index in [1.54, 1.807) is 12.5 Å². The number of hydrogen-bond acceptors (Lipinski definition) is 3. The van der Waals surface area contributed by atoms with Crippen LogP contribution in [0.5, 0.6) is 0 Å². The van der Waals surface area contributed by atoms with E-state index >= 15 is 0 Å². The highest BCUT2D eigenvalue weighted by atomic mass is 16.2. The first kappa shape index (κ1) is 14.7. The molecule has 6 heteroatoms. The van der Waals surface area contributed by atoms with Crippen molar-refractivity contribution in [2.24, 2.45) is 5.92 Å². The normalized spacial score (nSPS) is 25.0. The minimum atomic E-state index is -0.342. The molecule has 1 N–H and O–H groups in total. The van der Waals surface area contributed by atoms with Gasteiger partial charge in [-0.3, -0.25) is 9.59 Å². The Morgan fingerprint density at radius 1 is 1.13 bits per heavy atom. The lowest BCUT2D eigenvalue weighted by Gasteiger charge is -2.37. The molecule has 0 bridgehead atoms. The zero-order valence-corrected chi connectivity index (χ0v) is 13.4. The molecule has 0 radical (unpaired) electrons. The third-order valence-electron chi connectivity index (χ3n) is 5.60. The van der Waals surface area contributed by atoms with E-state index in [-0.39, 0.29) is 23.8 Å². The van der Waals surface area contributed by atoms with E-state index in [4.69, 9.17) is 0 Å². The summed E-state index contributed by atoms with van der Waals surface area (Å²) in [7, 11) is 0. The van der Waals surface area contributed by atoms with Gasteiger partial charge in [-0.05, 0) is 25.7 Å². The van der Waals surface area contributed by atoms with Crippen LogP contribution in [0.2, 0.25) is 0 Å². The van der Waals surface area contributed by atoms with Crippen LogP contribution in [-0.4, -0.2) is 38.9 Å². The summed E-state index contributed by atoms with van der Waals surface area (Å²) < 4.78 is 1.94. The number of aromatic nitrogens is 2. The van der Waals surface area contributed by atoms with E-state index in [1.165, 1.54) is 12.8 Å². The molecule has 6 nitrogen and oxygen atoms in total. The molecule has 1 atom stereocenters. The number of amides is 2. The smallest absolute Gasteiger partial charge is 0.245 e. The molecule has 0 aromatic carbocycles. The topological polar surface area (TPSA) is 67.2 Å². The minimum Gasteiger partial charge on any atom is -0.352 e. The molecule has 1 aromatic rings. The lowest BCUT2D eigenvalue weighted by atomic mass is 9.84. The molecule has 2 amide bonds. The van der Waals surface area contributed by atoms with E-state index in [0.717, 1.165) is 37.8 Å². The molecule has 1 aromatic heterocycles. The van der Waals surface area contributed by atoms with Gasteiger partial charge in [-0.15, -0.1) is 0 Å². The molecule has 2 aliphatic carbocycles. The predicted octanol–water partition coefficient (Wildman–Crippen LogP) is 1.63. The van der Waals surface area contributed by atoms with E-state index in [0.29, 0.717) is 19.1 Å². The summed E-state index contributed by atoms with van der Waals surface area (Å²) in [5.74, 6) is 0.410. The molecule has 2 heterocycles. The second-order valence-electron chi connectivity index (χ2n) is 7.14. The van der Waals surface area contributed by atoms with Gasteiger partial charge in [-0.1, -0.05) is 19.3 Å². The van der Waals surface area contributed by atoms with Gasteiger partial charge in [0.25, 0.3) is 0 Å². The van der Waals surface area contributed by atoms with Crippen molar-refractivity contribution in [2.45, 2.75) is 63.6 Å². The van der Waals surface area contributed by atoms with E-state index in [2.05, 4.69) is 10.3 Å². The van der Waals surface area contributed by atoms with Crippen molar-refractivity contribution in [3.05, 3.63) is 18.2 Å². The monoisotopic (exact) mass is 316 g/mol. The van der Waals surface area contributed by atoms with Crippen molar-refractivity contribution >= 4 is 11.8 Å². The molecular weight excluding hydrogens is 292 g/mol. The minimum absolute atomic E-state index is 0.0299. The van der Waals surface area contributed by atoms with Gasteiger partial charge in [0, 0.05) is 18.2 Å². The van der Waals surface area contributed by atoms with Crippen molar-refractivity contribution in [1.29, 1.82) is 0 Å². The Kier molecular flexibility index (Phi) is 3.83. The average molecular weight is 316 g/mol. The summed E-state index contributed by atoms with van der Waals surface area (Å²) >= 11 is 0. The Morgan fingerprint density at radius 3 is 2.61 bits per heavy atom. The number of nitrogens with one attached hydrogen (secondary N) is 1. The Bertz CT molecular complexity index is 601. The second-order valence-corrected chi connectivity index (χ2v) is 7.14. The van der Waals surface area contributed by atoms with Crippen LogP contribution in [0.3, 0.4) is 0 Å². The van der Waals surface area contributed by atoms with Crippen LogP contribution < -0.4 is 5.32 Å². The van der Waals surface area contributed by atoms with Crippen LogP contribution in [0.15, 0.2) is 12.5 Å². The number of fused-ring (bicyclic) bond motifs is 1. The van der Waals surface area contributed by atoms with Crippen LogP contribution in [-0.2, 0) is 16.1 Å². The van der Waals surface area contributed by atoms with E-state index in [9.17, 15) is 9.59 Å². The maximum atomic E-state index is 12.7. The quantitative estimate of drug-likeness (QED) is 0.921. The van der Waals surface area contributed by atoms with Crippen molar-refractivity contribution in [2.75, 3.05) is 6.54 Å². The van der Waals surface area contributed by atoms with Gasteiger partial charge < -0.3 is 14.8 Å². The van der Waals surface area contributed by atoms with Gasteiger partial charge in [-0.25, -0.2) is 4.98 Å². The SMILES string of the molecule is O=C(NC1CCCC1)[C@@H]1CN(C(=O)C2CCC2)Cc2cncn21. The average Bonchev–Trinajstić information content (AvgIpc) is 3.14. The number of imidazole rings is 1. The van der Waals surface area contributed by atoms with Gasteiger partial charge in [0.05, 0.1) is 25.1 Å². The van der Waals surface area contributed by atoms with Crippen LogP contribution in [0.25, 0.3) is 0 Å². The fourth-order valence-corrected chi connectivity index (χ4v) is 3.95. The molecule has 1 aliphatic heterocycles. The molecule has 0 saturated heterocycles. The Morgan fingerprint density at radius 2 is 1.91 bits per heavy atom. The molecule has 124 valence electrons. The molecule has 0 unspecified atom stereocenters. The maximum Gasteiger partial charge on any atom is 0.245 e. The first-order valence-corrected chi connectivity index (χ1v) is 8.82. The van der Waals surface area contributed by atoms with Crippen molar-refractivity contribution < 1.29 is 9.59 Å².